The number of anilines is 1. The second-order valence-corrected chi connectivity index (χ2v) is 9.09. The molecule has 11 heteroatoms. The van der Waals surface area contributed by atoms with Crippen molar-refractivity contribution in [2.24, 2.45) is 17.4 Å². The molecule has 1 aliphatic rings. The van der Waals surface area contributed by atoms with E-state index < -0.39 is 41.1 Å². The van der Waals surface area contributed by atoms with Gasteiger partial charge in [0.1, 0.15) is 11.2 Å². The maximum atomic E-state index is 14.1. The number of hydrogen-bond donors (Lipinski definition) is 5. The standard InChI is InChI=1S/C24H29N5O6/c1-14(2)10-23(28-35)12-18(30)24(22(33)34,11-15-6-4-3-5-7-15)29(21(23)32)17-8-9-27-19(20(26)31)16(17)13-25/h3-9,14,28,35H,10-13,25H2,1-2H3,(H2,26,31)(H,33,34)/t23-,24-/m1/s1. The fraction of sp³-hybridized carbons (Fsp3) is 0.375. The van der Waals surface area contributed by atoms with Gasteiger partial charge in [-0.05, 0) is 24.0 Å². The number of aromatic nitrogens is 1. The van der Waals surface area contributed by atoms with Crippen molar-refractivity contribution in [3.05, 3.63) is 59.4 Å². The van der Waals surface area contributed by atoms with Crippen LogP contribution >= 0.6 is 0 Å². The van der Waals surface area contributed by atoms with Crippen LogP contribution in [0.3, 0.4) is 0 Å². The fourth-order valence-electron chi connectivity index (χ4n) is 4.78. The number of carboxylic acid groups (broad SMARTS) is 1. The zero-order valence-electron chi connectivity index (χ0n) is 19.5. The lowest BCUT2D eigenvalue weighted by Gasteiger charge is -2.50. The van der Waals surface area contributed by atoms with Crippen LogP contribution in [0.25, 0.3) is 0 Å². The molecule has 1 aliphatic heterocycles. The molecule has 2 amide bonds. The van der Waals surface area contributed by atoms with Gasteiger partial charge in [0.05, 0.1) is 5.69 Å². The van der Waals surface area contributed by atoms with Crippen LogP contribution in [0, 0.1) is 5.92 Å². The molecule has 0 spiro atoms. The number of benzene rings is 1. The molecule has 2 aromatic rings. The molecule has 1 aromatic carbocycles. The molecule has 1 aromatic heterocycles. The van der Waals surface area contributed by atoms with Crippen LogP contribution in [0.1, 0.15) is 48.3 Å². The van der Waals surface area contributed by atoms with Crippen LogP contribution in [0.5, 0.6) is 0 Å². The summed E-state index contributed by atoms with van der Waals surface area (Å²) in [4.78, 5) is 57.7. The van der Waals surface area contributed by atoms with E-state index in [0.717, 1.165) is 4.90 Å². The first-order valence-electron chi connectivity index (χ1n) is 11.1. The first-order chi connectivity index (χ1) is 16.5. The number of nitrogens with zero attached hydrogens (tertiary/aromatic N) is 2. The number of carbonyl (C=O) groups is 4. The maximum Gasteiger partial charge on any atom is 0.338 e. The van der Waals surface area contributed by atoms with Gasteiger partial charge in [-0.25, -0.2) is 4.79 Å². The van der Waals surface area contributed by atoms with E-state index in [2.05, 4.69) is 4.98 Å². The number of rotatable bonds is 9. The average molecular weight is 484 g/mol. The van der Waals surface area contributed by atoms with Crippen molar-refractivity contribution >= 4 is 29.3 Å². The molecular weight excluding hydrogens is 454 g/mol. The van der Waals surface area contributed by atoms with E-state index in [0.29, 0.717) is 5.56 Å². The minimum atomic E-state index is -2.38. The van der Waals surface area contributed by atoms with Crippen molar-refractivity contribution in [3.8, 4) is 0 Å². The third-order valence-electron chi connectivity index (χ3n) is 6.25. The lowest BCUT2D eigenvalue weighted by Crippen LogP contribution is -2.75. The highest BCUT2D eigenvalue weighted by Gasteiger charge is 2.63. The SMILES string of the molecule is CC(C)C[C@@]1(NO)CC(=O)[C@](Cc2ccccc2)(C(=O)O)N(c2ccnc(C(N)=O)c2CN)C1=O. The molecule has 2 atom stereocenters. The molecule has 2 heterocycles. The second-order valence-electron chi connectivity index (χ2n) is 9.09. The second kappa shape index (κ2) is 9.90. The Kier molecular flexibility index (Phi) is 7.34. The Morgan fingerprint density at radius 1 is 1.20 bits per heavy atom. The Labute approximate surface area is 202 Å². The quantitative estimate of drug-likeness (QED) is 0.253. The lowest BCUT2D eigenvalue weighted by atomic mass is 9.70. The summed E-state index contributed by atoms with van der Waals surface area (Å²) in [5, 5.41) is 20.6. The van der Waals surface area contributed by atoms with E-state index in [4.69, 9.17) is 11.5 Å². The van der Waals surface area contributed by atoms with Crippen molar-refractivity contribution in [1.29, 1.82) is 0 Å². The molecule has 11 nitrogen and oxygen atoms in total. The Morgan fingerprint density at radius 2 is 1.86 bits per heavy atom. The summed E-state index contributed by atoms with van der Waals surface area (Å²) in [5.74, 6) is -4.27. The van der Waals surface area contributed by atoms with E-state index in [-0.39, 0.29) is 42.2 Å². The van der Waals surface area contributed by atoms with Crippen LogP contribution in [-0.4, -0.2) is 49.9 Å². The highest BCUT2D eigenvalue weighted by molar-refractivity contribution is 6.24. The van der Waals surface area contributed by atoms with Gasteiger partial charge in [-0.15, -0.1) is 0 Å². The number of piperidine rings is 1. The molecule has 3 rings (SSSR count). The number of carboxylic acids is 1. The fourth-order valence-corrected chi connectivity index (χ4v) is 4.78. The molecule has 0 aliphatic carbocycles. The van der Waals surface area contributed by atoms with Crippen LogP contribution in [-0.2, 0) is 27.3 Å². The normalized spacial score (nSPS) is 22.5. The molecule has 0 saturated carbocycles. The molecule has 0 unspecified atom stereocenters. The topological polar surface area (TPSA) is 189 Å². The summed E-state index contributed by atoms with van der Waals surface area (Å²) in [6.07, 6.45) is 0.320. The molecular formula is C24H29N5O6. The largest absolute Gasteiger partial charge is 0.479 e. The van der Waals surface area contributed by atoms with E-state index >= 15 is 0 Å². The van der Waals surface area contributed by atoms with E-state index in [1.807, 2.05) is 5.48 Å². The zero-order chi connectivity index (χ0) is 26.0. The number of aliphatic carboxylic acids is 1. The predicted octanol–water partition coefficient (Wildman–Crippen LogP) is 0.775. The van der Waals surface area contributed by atoms with Crippen molar-refractivity contribution < 1.29 is 29.5 Å². The van der Waals surface area contributed by atoms with Crippen LogP contribution in [0.2, 0.25) is 0 Å². The molecule has 7 N–H and O–H groups in total. The molecule has 186 valence electrons. The third-order valence-corrected chi connectivity index (χ3v) is 6.25. The van der Waals surface area contributed by atoms with Crippen LogP contribution in [0.4, 0.5) is 5.69 Å². The summed E-state index contributed by atoms with van der Waals surface area (Å²) in [6.45, 7) is 3.28. The molecule has 1 fully saturated rings. The van der Waals surface area contributed by atoms with Gasteiger partial charge in [-0.1, -0.05) is 44.2 Å². The first kappa shape index (κ1) is 25.9. The summed E-state index contributed by atoms with van der Waals surface area (Å²) >= 11 is 0. The number of primary amides is 1. The minimum absolute atomic E-state index is 0.0122. The lowest BCUT2D eigenvalue weighted by molar-refractivity contribution is -0.158. The van der Waals surface area contributed by atoms with Crippen molar-refractivity contribution in [2.75, 3.05) is 4.90 Å². The van der Waals surface area contributed by atoms with Gasteiger partial charge >= 0.3 is 5.97 Å². The highest BCUT2D eigenvalue weighted by Crippen LogP contribution is 2.42. The van der Waals surface area contributed by atoms with Gasteiger partial charge in [0.25, 0.3) is 11.8 Å². The Bertz CT molecular complexity index is 1150. The maximum absolute atomic E-state index is 14.1. The number of pyridine rings is 1. The number of nitrogens with one attached hydrogen (secondary N) is 1. The third kappa shape index (κ3) is 4.41. The van der Waals surface area contributed by atoms with Gasteiger partial charge in [-0.2, -0.15) is 5.48 Å². The van der Waals surface area contributed by atoms with Crippen molar-refractivity contribution in [3.63, 3.8) is 0 Å². The van der Waals surface area contributed by atoms with Crippen LogP contribution < -0.4 is 21.8 Å². The number of hydroxylamine groups is 1. The average Bonchev–Trinajstić information content (AvgIpc) is 2.82. The number of amides is 2. The minimum Gasteiger partial charge on any atom is -0.479 e. The number of nitrogens with two attached hydrogens (primary N) is 2. The first-order valence-corrected chi connectivity index (χ1v) is 11.1. The van der Waals surface area contributed by atoms with E-state index in [1.165, 1.54) is 12.3 Å². The van der Waals surface area contributed by atoms with Crippen LogP contribution in [0.15, 0.2) is 42.6 Å². The summed E-state index contributed by atoms with van der Waals surface area (Å²) in [7, 11) is 0. The van der Waals surface area contributed by atoms with Gasteiger partial charge in [-0.3, -0.25) is 24.3 Å². The van der Waals surface area contributed by atoms with Gasteiger partial charge in [0.2, 0.25) is 5.54 Å². The van der Waals surface area contributed by atoms with Gasteiger partial charge < -0.3 is 21.8 Å². The van der Waals surface area contributed by atoms with E-state index in [1.54, 1.807) is 44.2 Å². The summed E-state index contributed by atoms with van der Waals surface area (Å²) < 4.78 is 0. The van der Waals surface area contributed by atoms with Gasteiger partial charge in [0, 0.05) is 31.1 Å². The molecule has 0 bridgehead atoms. The van der Waals surface area contributed by atoms with E-state index in [9.17, 15) is 29.5 Å². The Balaban J connectivity index is 2.38. The summed E-state index contributed by atoms with van der Waals surface area (Å²) in [5.41, 5.74) is 9.34. The Morgan fingerprint density at radius 3 is 2.37 bits per heavy atom. The number of ketones is 1. The number of Topliss-reactive ketones (excluding diaryl/α,β-unsaturated/α-hetero) is 1. The smallest absolute Gasteiger partial charge is 0.338 e. The van der Waals surface area contributed by atoms with Crippen molar-refractivity contribution in [1.82, 2.24) is 10.5 Å². The summed E-state index contributed by atoms with van der Waals surface area (Å²) in [6, 6.07) is 9.71. The predicted molar refractivity (Wildman–Crippen MR) is 125 cm³/mol. The molecule has 1 saturated heterocycles. The monoisotopic (exact) mass is 483 g/mol. The number of hydrogen-bond acceptors (Lipinski definition) is 8. The Hall–Kier alpha value is -3.67. The molecule has 0 radical (unpaired) electrons. The van der Waals surface area contributed by atoms with Gasteiger partial charge in [0.15, 0.2) is 5.78 Å². The molecule has 35 heavy (non-hydrogen) atoms. The zero-order valence-corrected chi connectivity index (χ0v) is 19.5. The highest BCUT2D eigenvalue weighted by atomic mass is 16.5. The van der Waals surface area contributed by atoms with Crippen molar-refractivity contribution in [2.45, 2.75) is 50.7 Å². The number of carbonyl (C=O) groups excluding carboxylic acids is 3.